The number of aryl methyl sites for hydroxylation is 1. The van der Waals surface area contributed by atoms with Gasteiger partial charge in [0.25, 0.3) is 0 Å². The topological polar surface area (TPSA) is 48.0 Å². The number of hydrogen-bond donors (Lipinski definition) is 1. The monoisotopic (exact) mass is 200 g/mol. The number of benzene rings is 1. The summed E-state index contributed by atoms with van der Waals surface area (Å²) in [5, 5.41) is 1.16. The molecule has 0 saturated carbocycles. The Morgan fingerprint density at radius 3 is 2.93 bits per heavy atom. The number of nitrogens with zero attached hydrogens (tertiary/aromatic N) is 1. The minimum atomic E-state index is -0.428. The predicted molar refractivity (Wildman–Crippen MR) is 61.1 cm³/mol. The molecule has 0 aliphatic rings. The Kier molecular flexibility index (Phi) is 2.29. The van der Waals surface area contributed by atoms with Gasteiger partial charge in [0.1, 0.15) is 0 Å². The highest BCUT2D eigenvalue weighted by atomic mass is 16.1. The molecule has 2 rings (SSSR count). The molecule has 1 aromatic heterocycles. The van der Waals surface area contributed by atoms with E-state index in [1.54, 1.807) is 6.08 Å². The summed E-state index contributed by atoms with van der Waals surface area (Å²) >= 11 is 0. The first kappa shape index (κ1) is 9.52. The first-order chi connectivity index (χ1) is 7.16. The normalized spacial score (nSPS) is 11.3. The van der Waals surface area contributed by atoms with E-state index in [1.165, 1.54) is 11.6 Å². The molecule has 15 heavy (non-hydrogen) atoms. The van der Waals surface area contributed by atoms with Crippen LogP contribution in [-0.4, -0.2) is 10.5 Å². The first-order valence-corrected chi connectivity index (χ1v) is 4.69. The van der Waals surface area contributed by atoms with Gasteiger partial charge in [-0.15, -0.1) is 0 Å². The minimum Gasteiger partial charge on any atom is -0.366 e. The van der Waals surface area contributed by atoms with Crippen LogP contribution in [0.5, 0.6) is 0 Å². The lowest BCUT2D eigenvalue weighted by Crippen LogP contribution is -2.05. The Hall–Kier alpha value is -2.03. The van der Waals surface area contributed by atoms with E-state index in [0.29, 0.717) is 0 Å². The van der Waals surface area contributed by atoms with Crippen molar-refractivity contribution in [1.29, 1.82) is 0 Å². The van der Waals surface area contributed by atoms with Gasteiger partial charge >= 0.3 is 0 Å². The molecule has 2 N–H and O–H groups in total. The summed E-state index contributed by atoms with van der Waals surface area (Å²) < 4.78 is 2.05. The highest BCUT2D eigenvalue weighted by Crippen LogP contribution is 2.17. The van der Waals surface area contributed by atoms with Crippen LogP contribution in [0.25, 0.3) is 17.0 Å². The Labute approximate surface area is 87.8 Å². The molecule has 1 amide bonds. The van der Waals surface area contributed by atoms with Crippen LogP contribution in [0.2, 0.25) is 0 Å². The molecule has 0 aliphatic carbocycles. The third kappa shape index (κ3) is 1.91. The molecule has 1 aromatic carbocycles. The van der Waals surface area contributed by atoms with E-state index in [2.05, 4.69) is 4.57 Å². The maximum Gasteiger partial charge on any atom is 0.241 e. The van der Waals surface area contributed by atoms with Gasteiger partial charge in [0.05, 0.1) is 0 Å². The van der Waals surface area contributed by atoms with E-state index in [1.807, 2.05) is 37.5 Å². The molecule has 0 spiro atoms. The third-order valence-electron chi connectivity index (χ3n) is 2.35. The molecule has 1 heterocycles. The molecule has 0 unspecified atom stereocenters. The van der Waals surface area contributed by atoms with Gasteiger partial charge in [-0.25, -0.2) is 0 Å². The van der Waals surface area contributed by atoms with Gasteiger partial charge in [-0.1, -0.05) is 6.07 Å². The zero-order valence-corrected chi connectivity index (χ0v) is 8.47. The first-order valence-electron chi connectivity index (χ1n) is 4.69. The lowest BCUT2D eigenvalue weighted by Gasteiger charge is -1.97. The van der Waals surface area contributed by atoms with Crippen molar-refractivity contribution in [3.8, 4) is 0 Å². The number of aromatic nitrogens is 1. The summed E-state index contributed by atoms with van der Waals surface area (Å²) in [7, 11) is 2.00. The van der Waals surface area contributed by atoms with Gasteiger partial charge in [-0.05, 0) is 29.8 Å². The van der Waals surface area contributed by atoms with Gasteiger partial charge < -0.3 is 10.3 Å². The van der Waals surface area contributed by atoms with Gasteiger partial charge in [-0.3, -0.25) is 4.79 Å². The largest absolute Gasteiger partial charge is 0.366 e. The molecule has 0 radical (unpaired) electrons. The van der Waals surface area contributed by atoms with E-state index < -0.39 is 5.91 Å². The van der Waals surface area contributed by atoms with Crippen molar-refractivity contribution in [2.45, 2.75) is 0 Å². The van der Waals surface area contributed by atoms with Crippen molar-refractivity contribution in [2.75, 3.05) is 0 Å². The number of amides is 1. The number of fused-ring (bicyclic) bond motifs is 1. The third-order valence-corrected chi connectivity index (χ3v) is 2.35. The minimum absolute atomic E-state index is 0.428. The average molecular weight is 200 g/mol. The molecule has 0 bridgehead atoms. The average Bonchev–Trinajstić information content (AvgIpc) is 2.57. The fourth-order valence-corrected chi connectivity index (χ4v) is 1.58. The molecule has 3 nitrogen and oxygen atoms in total. The SMILES string of the molecule is Cn1ccc2cc(C=CC(N)=O)ccc21. The summed E-state index contributed by atoms with van der Waals surface area (Å²) in [6.45, 7) is 0. The molecule has 76 valence electrons. The van der Waals surface area contributed by atoms with Crippen LogP contribution in [0.1, 0.15) is 5.56 Å². The second-order valence-electron chi connectivity index (χ2n) is 3.48. The molecule has 2 aromatic rings. The van der Waals surface area contributed by atoms with Crippen LogP contribution in [0.3, 0.4) is 0 Å². The molecule has 0 atom stereocenters. The summed E-state index contributed by atoms with van der Waals surface area (Å²) in [5.74, 6) is -0.428. The van der Waals surface area contributed by atoms with E-state index in [4.69, 9.17) is 5.73 Å². The van der Waals surface area contributed by atoms with Crippen LogP contribution in [0.4, 0.5) is 0 Å². The van der Waals surface area contributed by atoms with Gasteiger partial charge in [0.15, 0.2) is 0 Å². The van der Waals surface area contributed by atoms with Crippen molar-refractivity contribution in [3.63, 3.8) is 0 Å². The van der Waals surface area contributed by atoms with E-state index >= 15 is 0 Å². The van der Waals surface area contributed by atoms with Gasteiger partial charge in [-0.2, -0.15) is 0 Å². The second kappa shape index (κ2) is 3.61. The van der Waals surface area contributed by atoms with Crippen molar-refractivity contribution in [3.05, 3.63) is 42.1 Å². The van der Waals surface area contributed by atoms with Crippen LogP contribution in [0, 0.1) is 0 Å². The van der Waals surface area contributed by atoms with Crippen LogP contribution >= 0.6 is 0 Å². The van der Waals surface area contributed by atoms with Gasteiger partial charge in [0.2, 0.25) is 5.91 Å². The van der Waals surface area contributed by atoms with E-state index in [-0.39, 0.29) is 0 Å². The second-order valence-corrected chi connectivity index (χ2v) is 3.48. The number of carbonyl (C=O) groups is 1. The van der Waals surface area contributed by atoms with Crippen LogP contribution in [0.15, 0.2) is 36.5 Å². The molecule has 3 heteroatoms. The maximum absolute atomic E-state index is 10.6. The van der Waals surface area contributed by atoms with Crippen molar-refractivity contribution in [1.82, 2.24) is 4.57 Å². The van der Waals surface area contributed by atoms with Crippen LogP contribution in [-0.2, 0) is 11.8 Å². The molecular weight excluding hydrogens is 188 g/mol. The highest BCUT2D eigenvalue weighted by Gasteiger charge is 1.97. The number of carbonyl (C=O) groups excluding carboxylic acids is 1. The van der Waals surface area contributed by atoms with Gasteiger partial charge in [0, 0.05) is 30.2 Å². The molecule has 0 saturated heterocycles. The predicted octanol–water partition coefficient (Wildman–Crippen LogP) is 1.68. The highest BCUT2D eigenvalue weighted by molar-refractivity contribution is 5.91. The smallest absolute Gasteiger partial charge is 0.241 e. The number of nitrogens with two attached hydrogens (primary N) is 1. The Morgan fingerprint density at radius 1 is 1.40 bits per heavy atom. The molecule has 0 fully saturated rings. The number of rotatable bonds is 2. The molecule has 0 aliphatic heterocycles. The van der Waals surface area contributed by atoms with E-state index in [9.17, 15) is 4.79 Å². The maximum atomic E-state index is 10.6. The summed E-state index contributed by atoms with van der Waals surface area (Å²) in [6, 6.07) is 8.05. The lowest BCUT2D eigenvalue weighted by molar-refractivity contribution is -0.113. The fraction of sp³-hybridized carbons (Fsp3) is 0.0833. The zero-order valence-electron chi connectivity index (χ0n) is 8.47. The van der Waals surface area contributed by atoms with Crippen molar-refractivity contribution in [2.24, 2.45) is 12.8 Å². The summed E-state index contributed by atoms with van der Waals surface area (Å²) in [4.78, 5) is 10.6. The lowest BCUT2D eigenvalue weighted by atomic mass is 10.1. The number of primary amides is 1. The fourth-order valence-electron chi connectivity index (χ4n) is 1.58. The van der Waals surface area contributed by atoms with E-state index in [0.717, 1.165) is 10.9 Å². The summed E-state index contributed by atoms with van der Waals surface area (Å²) in [6.07, 6.45) is 5.09. The van der Waals surface area contributed by atoms with Crippen molar-refractivity contribution >= 4 is 22.9 Å². The summed E-state index contributed by atoms with van der Waals surface area (Å²) in [5.41, 5.74) is 7.18. The van der Waals surface area contributed by atoms with Crippen LogP contribution < -0.4 is 5.73 Å². The number of hydrogen-bond acceptors (Lipinski definition) is 1. The molecular formula is C12H12N2O. The standard InChI is InChI=1S/C12H12N2O/c1-14-7-6-10-8-9(2-4-11(10)14)3-5-12(13)15/h2-8H,1H3,(H2,13,15). The Morgan fingerprint density at radius 2 is 2.20 bits per heavy atom. The quantitative estimate of drug-likeness (QED) is 0.736. The van der Waals surface area contributed by atoms with Crippen molar-refractivity contribution < 1.29 is 4.79 Å². The Bertz CT molecular complexity index is 538. The zero-order chi connectivity index (χ0) is 10.8. The Balaban J connectivity index is 2.43.